The summed E-state index contributed by atoms with van der Waals surface area (Å²) >= 11 is 0. The van der Waals surface area contributed by atoms with Crippen LogP contribution in [0.4, 0.5) is 13.2 Å². The first-order valence-corrected chi connectivity index (χ1v) is 12.7. The zero-order valence-corrected chi connectivity index (χ0v) is 22.3. The summed E-state index contributed by atoms with van der Waals surface area (Å²) in [4.78, 5) is 48.4. The van der Waals surface area contributed by atoms with Gasteiger partial charge in [-0.3, -0.25) is 14.6 Å². The number of aromatic nitrogens is 3. The van der Waals surface area contributed by atoms with Crippen LogP contribution in [-0.4, -0.2) is 73.0 Å². The summed E-state index contributed by atoms with van der Waals surface area (Å²) < 4.78 is 39.4. The van der Waals surface area contributed by atoms with Crippen LogP contribution in [0.15, 0.2) is 53.6 Å². The minimum Gasteiger partial charge on any atom is -0.475 e. The van der Waals surface area contributed by atoms with Crippen molar-refractivity contribution in [2.24, 2.45) is 5.41 Å². The van der Waals surface area contributed by atoms with Gasteiger partial charge in [-0.25, -0.2) is 9.78 Å². The summed E-state index contributed by atoms with van der Waals surface area (Å²) in [5.41, 5.74) is 1.24. The average molecular weight is 562 g/mol. The first kappa shape index (κ1) is 28.8. The van der Waals surface area contributed by atoms with Crippen LogP contribution < -0.4 is 0 Å². The molecule has 0 saturated carbocycles. The SMILES string of the molecule is Cc1ccc(C(=O)N2CC(c3cn(C(C)C)cn3)C3(CCN(Cc4ccncc4)C3=O)C2)o1.O=C(O)C(F)(F)F. The summed E-state index contributed by atoms with van der Waals surface area (Å²) in [7, 11) is 0. The summed E-state index contributed by atoms with van der Waals surface area (Å²) in [6.45, 7) is 8.04. The maximum Gasteiger partial charge on any atom is 0.490 e. The van der Waals surface area contributed by atoms with Crippen molar-refractivity contribution in [1.82, 2.24) is 24.3 Å². The number of aryl methyl sites for hydroxylation is 1. The lowest BCUT2D eigenvalue weighted by Gasteiger charge is -2.27. The van der Waals surface area contributed by atoms with Crippen LogP contribution in [0.5, 0.6) is 0 Å². The number of carboxylic acids is 1. The number of carboxylic acid groups (broad SMARTS) is 1. The molecular weight excluding hydrogens is 531 g/mol. The van der Waals surface area contributed by atoms with Crippen molar-refractivity contribution in [2.45, 2.75) is 51.9 Å². The Balaban J connectivity index is 0.000000470. The number of imidazole rings is 1. The Labute approximate surface area is 228 Å². The van der Waals surface area contributed by atoms with Crippen molar-refractivity contribution in [3.63, 3.8) is 0 Å². The molecule has 1 spiro atoms. The average Bonchev–Trinajstić information content (AvgIpc) is 3.68. The van der Waals surface area contributed by atoms with Gasteiger partial charge in [0.15, 0.2) is 5.76 Å². The highest BCUT2D eigenvalue weighted by molar-refractivity contribution is 5.94. The lowest BCUT2D eigenvalue weighted by molar-refractivity contribution is -0.192. The Morgan fingerprint density at radius 1 is 1.20 bits per heavy atom. The smallest absolute Gasteiger partial charge is 0.475 e. The number of carbonyl (C=O) groups is 3. The van der Waals surface area contributed by atoms with E-state index >= 15 is 0 Å². The second-order valence-corrected chi connectivity index (χ2v) is 10.3. The zero-order valence-electron chi connectivity index (χ0n) is 22.3. The van der Waals surface area contributed by atoms with Crippen molar-refractivity contribution in [3.05, 3.63) is 72.0 Å². The molecule has 0 bridgehead atoms. The fourth-order valence-electron chi connectivity index (χ4n) is 5.15. The van der Waals surface area contributed by atoms with E-state index in [1.54, 1.807) is 29.4 Å². The summed E-state index contributed by atoms with van der Waals surface area (Å²) in [5.74, 6) is -1.99. The first-order chi connectivity index (χ1) is 18.8. The number of carbonyl (C=O) groups excluding carboxylic acids is 2. The van der Waals surface area contributed by atoms with Crippen molar-refractivity contribution in [1.29, 1.82) is 0 Å². The second-order valence-electron chi connectivity index (χ2n) is 10.3. The van der Waals surface area contributed by atoms with E-state index in [4.69, 9.17) is 14.3 Å². The minimum absolute atomic E-state index is 0.0920. The van der Waals surface area contributed by atoms with Crippen molar-refractivity contribution in [3.8, 4) is 0 Å². The van der Waals surface area contributed by atoms with Crippen LogP contribution in [0.25, 0.3) is 0 Å². The van der Waals surface area contributed by atoms with E-state index < -0.39 is 17.6 Å². The van der Waals surface area contributed by atoms with Gasteiger partial charge in [0.2, 0.25) is 5.91 Å². The number of alkyl halides is 3. The molecule has 3 aromatic rings. The van der Waals surface area contributed by atoms with Gasteiger partial charge in [-0.15, -0.1) is 0 Å². The normalized spacial score (nSPS) is 20.8. The van der Waals surface area contributed by atoms with Crippen molar-refractivity contribution in [2.75, 3.05) is 19.6 Å². The Kier molecular flexibility index (Phi) is 8.03. The molecule has 5 heterocycles. The van der Waals surface area contributed by atoms with Gasteiger partial charge in [0.05, 0.1) is 17.4 Å². The van der Waals surface area contributed by atoms with E-state index in [9.17, 15) is 22.8 Å². The molecule has 2 aliphatic rings. The molecule has 0 aromatic carbocycles. The minimum atomic E-state index is -5.08. The molecule has 3 aromatic heterocycles. The van der Waals surface area contributed by atoms with Gasteiger partial charge in [-0.05, 0) is 57.0 Å². The van der Waals surface area contributed by atoms with Crippen LogP contribution in [0.1, 0.15) is 59.8 Å². The van der Waals surface area contributed by atoms with E-state index in [0.29, 0.717) is 44.1 Å². The van der Waals surface area contributed by atoms with Crippen LogP contribution in [0, 0.1) is 12.3 Å². The first-order valence-electron chi connectivity index (χ1n) is 12.7. The van der Waals surface area contributed by atoms with E-state index in [-0.39, 0.29) is 23.8 Å². The van der Waals surface area contributed by atoms with E-state index in [2.05, 4.69) is 28.4 Å². The number of rotatable bonds is 5. The van der Waals surface area contributed by atoms with Gasteiger partial charge < -0.3 is 23.9 Å². The summed E-state index contributed by atoms with van der Waals surface area (Å²) in [5, 5.41) is 7.12. The molecule has 2 fully saturated rings. The number of furan rings is 1. The highest BCUT2D eigenvalue weighted by atomic mass is 19.4. The highest BCUT2D eigenvalue weighted by Crippen LogP contribution is 2.50. The molecule has 2 aliphatic heterocycles. The van der Waals surface area contributed by atoms with Crippen LogP contribution in [-0.2, 0) is 16.1 Å². The second kappa shape index (κ2) is 11.1. The number of amides is 2. The Morgan fingerprint density at radius 3 is 2.42 bits per heavy atom. The standard InChI is InChI=1S/C25H29N5O3.C2HF3O2/c1-17(2)30-14-21(27-16-30)20-13-29(23(31)22-5-4-18(3)33-22)15-25(20)8-11-28(24(25)32)12-19-6-9-26-10-7-19;3-2(4,5)1(6)7/h4-7,9-10,14,16-17,20H,8,11-13,15H2,1-3H3;(H,6,7). The molecule has 0 radical (unpaired) electrons. The molecule has 0 aliphatic carbocycles. The molecule has 13 heteroatoms. The number of pyridine rings is 1. The Morgan fingerprint density at radius 2 is 1.88 bits per heavy atom. The summed E-state index contributed by atoms with van der Waals surface area (Å²) in [6, 6.07) is 7.64. The van der Waals surface area contributed by atoms with Gasteiger partial charge in [0.25, 0.3) is 5.91 Å². The molecule has 2 amide bonds. The monoisotopic (exact) mass is 561 g/mol. The van der Waals surface area contributed by atoms with Gasteiger partial charge in [-0.1, -0.05) is 0 Å². The number of likely N-dealkylation sites (tertiary alicyclic amines) is 2. The third-order valence-corrected chi connectivity index (χ3v) is 7.26. The summed E-state index contributed by atoms with van der Waals surface area (Å²) in [6.07, 6.45) is 2.95. The lowest BCUT2D eigenvalue weighted by Crippen LogP contribution is -2.40. The lowest BCUT2D eigenvalue weighted by atomic mass is 9.75. The Hall–Kier alpha value is -4.16. The quantitative estimate of drug-likeness (QED) is 0.499. The number of nitrogens with zero attached hydrogens (tertiary/aromatic N) is 5. The number of hydrogen-bond acceptors (Lipinski definition) is 6. The Bertz CT molecular complexity index is 1370. The zero-order chi connectivity index (χ0) is 29.2. The molecule has 2 saturated heterocycles. The molecule has 214 valence electrons. The van der Waals surface area contributed by atoms with Crippen molar-refractivity contribution < 1.29 is 37.1 Å². The molecule has 40 heavy (non-hydrogen) atoms. The van der Waals surface area contributed by atoms with Crippen LogP contribution in [0.2, 0.25) is 0 Å². The van der Waals surface area contributed by atoms with E-state index in [1.807, 2.05) is 36.5 Å². The fourth-order valence-corrected chi connectivity index (χ4v) is 5.15. The predicted molar refractivity (Wildman–Crippen MR) is 135 cm³/mol. The largest absolute Gasteiger partial charge is 0.490 e. The van der Waals surface area contributed by atoms with Crippen LogP contribution in [0.3, 0.4) is 0 Å². The van der Waals surface area contributed by atoms with Crippen LogP contribution >= 0.6 is 0 Å². The molecule has 5 rings (SSSR count). The van der Waals surface area contributed by atoms with Gasteiger partial charge in [-0.2, -0.15) is 13.2 Å². The van der Waals surface area contributed by atoms with Gasteiger partial charge in [0.1, 0.15) is 5.76 Å². The third-order valence-electron chi connectivity index (χ3n) is 7.26. The molecule has 2 atom stereocenters. The van der Waals surface area contributed by atoms with Crippen molar-refractivity contribution >= 4 is 17.8 Å². The number of aliphatic carboxylic acids is 1. The fraction of sp³-hybridized carbons (Fsp3) is 0.444. The van der Waals surface area contributed by atoms with E-state index in [1.165, 1.54) is 0 Å². The highest BCUT2D eigenvalue weighted by Gasteiger charge is 2.58. The maximum absolute atomic E-state index is 13.9. The number of hydrogen-bond donors (Lipinski definition) is 1. The molecule has 2 unspecified atom stereocenters. The number of halogens is 3. The van der Waals surface area contributed by atoms with Gasteiger partial charge >= 0.3 is 12.1 Å². The molecule has 10 nitrogen and oxygen atoms in total. The third kappa shape index (κ3) is 5.87. The van der Waals surface area contributed by atoms with E-state index in [0.717, 1.165) is 11.3 Å². The van der Waals surface area contributed by atoms with Gasteiger partial charge in [0, 0.05) is 56.7 Å². The molecule has 1 N–H and O–H groups in total. The predicted octanol–water partition coefficient (Wildman–Crippen LogP) is 4.05. The topological polar surface area (TPSA) is 122 Å². The maximum atomic E-state index is 13.9. The molecular formula is C27H30F3N5O5.